The average Bonchev–Trinajstić information content (AvgIpc) is 4.12. The molecule has 0 unspecified atom stereocenters. The van der Waals surface area contributed by atoms with Crippen molar-refractivity contribution in [2.24, 2.45) is 0 Å². The van der Waals surface area contributed by atoms with Crippen molar-refractivity contribution in [3.63, 3.8) is 0 Å². The van der Waals surface area contributed by atoms with E-state index in [4.69, 9.17) is 0 Å². The zero-order chi connectivity index (χ0) is 46.8. The Kier molecular flexibility index (Phi) is 8.44. The second kappa shape index (κ2) is 14.8. The Morgan fingerprint density at radius 3 is 1.16 bits per heavy atom. The van der Waals surface area contributed by atoms with Gasteiger partial charge in [0.25, 0.3) is 0 Å². The van der Waals surface area contributed by atoms with Gasteiger partial charge in [0.2, 0.25) is 0 Å². The summed E-state index contributed by atoms with van der Waals surface area (Å²) in [5.74, 6) is 0. The Morgan fingerprint density at radius 2 is 0.729 bits per heavy atom. The minimum Gasteiger partial charge on any atom is -0.309 e. The first-order chi connectivity index (χ1) is 34.4. The van der Waals surface area contributed by atoms with Crippen LogP contribution in [0.4, 0.5) is 13.2 Å². The summed E-state index contributed by atoms with van der Waals surface area (Å²) in [6.45, 7) is 0. The number of halogens is 3. The molecule has 14 rings (SSSR count). The molecule has 8 heteroatoms. The third-order valence-electron chi connectivity index (χ3n) is 14.2. The largest absolute Gasteiger partial charge is 0.420 e. The van der Waals surface area contributed by atoms with E-state index in [2.05, 4.69) is 75.9 Å². The van der Waals surface area contributed by atoms with Gasteiger partial charge in [0.1, 0.15) is 5.56 Å². The van der Waals surface area contributed by atoms with E-state index in [0.717, 1.165) is 76.5 Å². The van der Waals surface area contributed by atoms with E-state index >= 15 is 13.2 Å². The van der Waals surface area contributed by atoms with E-state index < -0.39 is 11.7 Å². The summed E-state index contributed by atoms with van der Waals surface area (Å²) in [6, 6.07) is 73.0. The first-order valence-electron chi connectivity index (χ1n) is 23.1. The molecule has 0 N–H and O–H groups in total. The van der Waals surface area contributed by atoms with Crippen molar-refractivity contribution in [2.75, 3.05) is 0 Å². The lowest BCUT2D eigenvalue weighted by Crippen LogP contribution is -2.17. The number of hydrogen-bond acceptors (Lipinski definition) is 1. The van der Waals surface area contributed by atoms with Crippen LogP contribution in [0.15, 0.2) is 218 Å². The molecule has 0 saturated carbocycles. The van der Waals surface area contributed by atoms with E-state index in [1.54, 1.807) is 45.5 Å². The zero-order valence-corrected chi connectivity index (χ0v) is 37.2. The van der Waals surface area contributed by atoms with Crippen molar-refractivity contribution in [2.45, 2.75) is 6.18 Å². The van der Waals surface area contributed by atoms with Crippen LogP contribution in [0.5, 0.6) is 0 Å². The number of aromatic nitrogens is 4. The Balaban J connectivity index is 1.13. The van der Waals surface area contributed by atoms with E-state index in [0.29, 0.717) is 38.8 Å². The molecule has 14 aromatic rings. The van der Waals surface area contributed by atoms with Gasteiger partial charge in [-0.05, 0) is 84.4 Å². The Bertz CT molecular complexity index is 4450. The molecule has 0 aliphatic carbocycles. The van der Waals surface area contributed by atoms with Gasteiger partial charge >= 0.3 is 6.18 Å². The number of benzene rings is 10. The lowest BCUT2D eigenvalue weighted by Gasteiger charge is -2.24. The molecule has 0 radical (unpaired) electrons. The first kappa shape index (κ1) is 39.8. The van der Waals surface area contributed by atoms with Gasteiger partial charge in [-0.1, -0.05) is 140 Å². The van der Waals surface area contributed by atoms with Gasteiger partial charge in [-0.2, -0.15) is 18.4 Å². The molecular formula is C62H36F3N5. The Hall–Kier alpha value is -9.32. The van der Waals surface area contributed by atoms with Crippen LogP contribution in [0.1, 0.15) is 11.1 Å². The normalized spacial score (nSPS) is 12.2. The molecular weight excluding hydrogens is 872 g/mol. The van der Waals surface area contributed by atoms with Crippen LogP contribution in [0.25, 0.3) is 121 Å². The molecule has 4 aromatic heterocycles. The summed E-state index contributed by atoms with van der Waals surface area (Å²) in [5.41, 5.74) is 8.44. The van der Waals surface area contributed by atoms with Crippen molar-refractivity contribution in [3.05, 3.63) is 230 Å². The molecule has 0 bridgehead atoms. The van der Waals surface area contributed by atoms with E-state index in [9.17, 15) is 5.26 Å². The van der Waals surface area contributed by atoms with Crippen LogP contribution in [-0.2, 0) is 6.18 Å². The first-order valence-corrected chi connectivity index (χ1v) is 23.1. The molecule has 0 fully saturated rings. The molecule has 4 heterocycles. The SMILES string of the molecule is N#Cc1cccc(-c2ccc(-n3c4ccccc4c4ccc(-n5c6ccccc6c6ccccc65)cc43)c(C(F)(F)F)c2-n2c3ccccc3c3ccc(-n4c5ccccc5c5ccccc54)cc32)c1. The smallest absolute Gasteiger partial charge is 0.309 e. The summed E-state index contributed by atoms with van der Waals surface area (Å²) in [4.78, 5) is 0. The zero-order valence-electron chi connectivity index (χ0n) is 37.2. The van der Waals surface area contributed by atoms with Crippen molar-refractivity contribution in [1.82, 2.24) is 18.3 Å². The number of nitriles is 1. The molecule has 0 saturated heterocycles. The van der Waals surface area contributed by atoms with Gasteiger partial charge < -0.3 is 18.3 Å². The highest BCUT2D eigenvalue weighted by atomic mass is 19.4. The van der Waals surface area contributed by atoms with Crippen LogP contribution in [0.2, 0.25) is 0 Å². The maximum Gasteiger partial charge on any atom is 0.420 e. The predicted octanol–water partition coefficient (Wildman–Crippen LogP) is 16.6. The molecule has 70 heavy (non-hydrogen) atoms. The minimum atomic E-state index is -4.89. The molecule has 10 aromatic carbocycles. The number of hydrogen-bond donors (Lipinski definition) is 0. The minimum absolute atomic E-state index is 0.0160. The van der Waals surface area contributed by atoms with Crippen molar-refractivity contribution < 1.29 is 13.2 Å². The summed E-state index contributed by atoms with van der Waals surface area (Å²) in [6.07, 6.45) is -4.89. The highest BCUT2D eigenvalue weighted by Crippen LogP contribution is 2.48. The lowest BCUT2D eigenvalue weighted by atomic mass is 9.96. The average molecular weight is 908 g/mol. The van der Waals surface area contributed by atoms with Crippen LogP contribution in [-0.4, -0.2) is 18.3 Å². The highest BCUT2D eigenvalue weighted by molar-refractivity contribution is 6.14. The third-order valence-corrected chi connectivity index (χ3v) is 14.2. The van der Waals surface area contributed by atoms with E-state index in [-0.39, 0.29) is 11.4 Å². The van der Waals surface area contributed by atoms with Crippen LogP contribution in [0.3, 0.4) is 0 Å². The number of nitrogens with zero attached hydrogens (tertiary/aromatic N) is 5. The Labute approximate surface area is 397 Å². The van der Waals surface area contributed by atoms with Gasteiger partial charge in [-0.25, -0.2) is 0 Å². The van der Waals surface area contributed by atoms with Gasteiger partial charge in [-0.15, -0.1) is 0 Å². The number of rotatable bonds is 5. The molecule has 0 aliphatic rings. The van der Waals surface area contributed by atoms with Crippen LogP contribution in [0, 0.1) is 11.3 Å². The maximum absolute atomic E-state index is 17.2. The van der Waals surface area contributed by atoms with Gasteiger partial charge in [0.15, 0.2) is 0 Å². The quantitative estimate of drug-likeness (QED) is 0.170. The van der Waals surface area contributed by atoms with E-state index in [1.165, 1.54) is 0 Å². The molecule has 0 aliphatic heterocycles. The van der Waals surface area contributed by atoms with Crippen molar-refractivity contribution in [3.8, 4) is 39.9 Å². The van der Waals surface area contributed by atoms with E-state index in [1.807, 2.05) is 121 Å². The molecule has 5 nitrogen and oxygen atoms in total. The summed E-state index contributed by atoms with van der Waals surface area (Å²) >= 11 is 0. The standard InChI is InChI=1S/C62H36F3N5/c63-62(64,65)60-57(69-55-26-11-5-20-47(55)49-30-28-40(35-58(49)69)67-51-22-7-1-16-43(51)44-17-2-8-23-52(44)67)33-32-42(39-15-13-14-38(34-39)37-66)61(60)70-56-27-12-6-21-48(56)50-31-29-41(36-59(50)70)68-53-24-9-3-18-45(53)46-19-4-10-25-54(46)68/h1-36H. The molecule has 0 atom stereocenters. The summed E-state index contributed by atoms with van der Waals surface area (Å²) in [7, 11) is 0. The number of fused-ring (bicyclic) bond motifs is 12. The molecule has 0 spiro atoms. The van der Waals surface area contributed by atoms with Crippen LogP contribution < -0.4 is 0 Å². The van der Waals surface area contributed by atoms with Gasteiger partial charge in [0.05, 0.1) is 67.1 Å². The van der Waals surface area contributed by atoms with Gasteiger partial charge in [0, 0.05) is 60.0 Å². The summed E-state index contributed by atoms with van der Waals surface area (Å²) in [5, 5.41) is 17.8. The lowest BCUT2D eigenvalue weighted by molar-refractivity contribution is -0.137. The van der Waals surface area contributed by atoms with Crippen LogP contribution >= 0.6 is 0 Å². The fourth-order valence-electron chi connectivity index (χ4n) is 11.4. The summed E-state index contributed by atoms with van der Waals surface area (Å²) < 4.78 is 59.4. The third kappa shape index (κ3) is 5.66. The predicted molar refractivity (Wildman–Crippen MR) is 279 cm³/mol. The monoisotopic (exact) mass is 907 g/mol. The second-order valence-electron chi connectivity index (χ2n) is 17.9. The highest BCUT2D eigenvalue weighted by Gasteiger charge is 2.40. The number of para-hydroxylation sites is 6. The molecule has 330 valence electrons. The fourth-order valence-corrected chi connectivity index (χ4v) is 11.4. The van der Waals surface area contributed by atoms with Crippen molar-refractivity contribution in [1.29, 1.82) is 5.26 Å². The maximum atomic E-state index is 17.2. The van der Waals surface area contributed by atoms with Gasteiger partial charge in [-0.3, -0.25) is 0 Å². The molecule has 0 amide bonds. The Morgan fingerprint density at radius 1 is 0.343 bits per heavy atom. The number of alkyl halides is 3. The van der Waals surface area contributed by atoms with Crippen molar-refractivity contribution >= 4 is 87.2 Å². The fraction of sp³-hybridized carbons (Fsp3) is 0.0161. The second-order valence-corrected chi connectivity index (χ2v) is 17.9. The topological polar surface area (TPSA) is 43.5 Å².